The maximum absolute atomic E-state index is 9.73. The van der Waals surface area contributed by atoms with Crippen molar-refractivity contribution in [3.63, 3.8) is 0 Å². The summed E-state index contributed by atoms with van der Waals surface area (Å²) in [5.41, 5.74) is 0. The fourth-order valence-electron chi connectivity index (χ4n) is 2.21. The van der Waals surface area contributed by atoms with Crippen molar-refractivity contribution in [1.29, 1.82) is 0 Å². The number of phenols is 1. The first kappa shape index (κ1) is 13.3. The first-order valence-electron chi connectivity index (χ1n) is 6.85. The molecule has 3 nitrogen and oxygen atoms in total. The normalized spacial score (nSPS) is 10.5. The van der Waals surface area contributed by atoms with Gasteiger partial charge in [0.25, 0.3) is 0 Å². The number of benzene rings is 3. The Bertz CT molecular complexity index is 723. The first-order valence-corrected chi connectivity index (χ1v) is 6.85. The topological polar surface area (TPSA) is 38.7 Å². The minimum Gasteiger partial charge on any atom is -0.508 e. The van der Waals surface area contributed by atoms with E-state index < -0.39 is 0 Å². The van der Waals surface area contributed by atoms with Crippen LogP contribution in [0.3, 0.4) is 0 Å². The van der Waals surface area contributed by atoms with E-state index in [9.17, 15) is 5.11 Å². The van der Waals surface area contributed by atoms with Gasteiger partial charge in [0.15, 0.2) is 0 Å². The molecule has 0 aliphatic carbocycles. The quantitative estimate of drug-likeness (QED) is 0.718. The van der Waals surface area contributed by atoms with Crippen LogP contribution >= 0.6 is 0 Å². The standard InChI is InChI=1S/C18H16O3/c19-15-12-14-6-4-5-9-17(14)18(13-15)21-11-10-20-16-7-2-1-3-8-16/h1-9,12-13,19H,10-11H2. The Balaban J connectivity index is 1.65. The zero-order valence-electron chi connectivity index (χ0n) is 11.5. The van der Waals surface area contributed by atoms with Gasteiger partial charge < -0.3 is 14.6 Å². The van der Waals surface area contributed by atoms with Crippen molar-refractivity contribution in [2.45, 2.75) is 0 Å². The van der Waals surface area contributed by atoms with Gasteiger partial charge in [0, 0.05) is 11.5 Å². The van der Waals surface area contributed by atoms with Gasteiger partial charge in [-0.15, -0.1) is 0 Å². The minimum atomic E-state index is 0.202. The second kappa shape index (κ2) is 6.18. The fourth-order valence-corrected chi connectivity index (χ4v) is 2.21. The van der Waals surface area contributed by atoms with E-state index in [1.54, 1.807) is 12.1 Å². The highest BCUT2D eigenvalue weighted by atomic mass is 16.5. The summed E-state index contributed by atoms with van der Waals surface area (Å²) in [5.74, 6) is 1.69. The number of aromatic hydroxyl groups is 1. The third-order valence-electron chi connectivity index (χ3n) is 3.16. The van der Waals surface area contributed by atoms with Gasteiger partial charge >= 0.3 is 0 Å². The fraction of sp³-hybridized carbons (Fsp3) is 0.111. The van der Waals surface area contributed by atoms with Gasteiger partial charge in [-0.2, -0.15) is 0 Å². The summed E-state index contributed by atoms with van der Waals surface area (Å²) >= 11 is 0. The molecule has 0 aromatic heterocycles. The molecule has 0 saturated heterocycles. The van der Waals surface area contributed by atoms with Crippen LogP contribution < -0.4 is 9.47 Å². The summed E-state index contributed by atoms with van der Waals surface area (Å²) in [6.45, 7) is 0.871. The van der Waals surface area contributed by atoms with E-state index in [0.717, 1.165) is 16.5 Å². The Labute approximate surface area is 123 Å². The molecule has 106 valence electrons. The third-order valence-corrected chi connectivity index (χ3v) is 3.16. The number of rotatable bonds is 5. The number of hydrogen-bond acceptors (Lipinski definition) is 3. The number of phenolic OH excluding ortho intramolecular Hbond substituents is 1. The number of fused-ring (bicyclic) bond motifs is 1. The van der Waals surface area contributed by atoms with Gasteiger partial charge in [-0.3, -0.25) is 0 Å². The van der Waals surface area contributed by atoms with Crippen molar-refractivity contribution in [2.75, 3.05) is 13.2 Å². The molecule has 0 spiro atoms. The number of para-hydroxylation sites is 1. The van der Waals surface area contributed by atoms with Crippen molar-refractivity contribution < 1.29 is 14.6 Å². The van der Waals surface area contributed by atoms with Crippen LogP contribution in [0.1, 0.15) is 0 Å². The largest absolute Gasteiger partial charge is 0.508 e. The van der Waals surface area contributed by atoms with Crippen LogP contribution in [0.25, 0.3) is 10.8 Å². The Morgan fingerprint density at radius 3 is 2.33 bits per heavy atom. The average molecular weight is 280 g/mol. The second-order valence-corrected chi connectivity index (χ2v) is 4.68. The van der Waals surface area contributed by atoms with Crippen molar-refractivity contribution in [3.8, 4) is 17.2 Å². The maximum Gasteiger partial charge on any atom is 0.130 e. The molecular formula is C18H16O3. The SMILES string of the molecule is Oc1cc(OCCOc2ccccc2)c2ccccc2c1. The zero-order valence-corrected chi connectivity index (χ0v) is 11.5. The molecule has 0 aliphatic heterocycles. The molecule has 0 unspecified atom stereocenters. The van der Waals surface area contributed by atoms with Crippen LogP contribution in [-0.4, -0.2) is 18.3 Å². The van der Waals surface area contributed by atoms with Gasteiger partial charge in [-0.05, 0) is 23.6 Å². The summed E-state index contributed by atoms with van der Waals surface area (Å²) in [5, 5.41) is 11.7. The van der Waals surface area contributed by atoms with Gasteiger partial charge in [0.2, 0.25) is 0 Å². The van der Waals surface area contributed by atoms with E-state index >= 15 is 0 Å². The second-order valence-electron chi connectivity index (χ2n) is 4.68. The molecule has 3 heteroatoms. The molecular weight excluding hydrogens is 264 g/mol. The van der Waals surface area contributed by atoms with Crippen molar-refractivity contribution in [2.24, 2.45) is 0 Å². The van der Waals surface area contributed by atoms with Crippen molar-refractivity contribution in [1.82, 2.24) is 0 Å². The maximum atomic E-state index is 9.73. The molecule has 3 rings (SSSR count). The number of ether oxygens (including phenoxy) is 2. The smallest absolute Gasteiger partial charge is 0.130 e. The van der Waals surface area contributed by atoms with Crippen molar-refractivity contribution >= 4 is 10.8 Å². The molecule has 0 fully saturated rings. The van der Waals surface area contributed by atoms with E-state index in [4.69, 9.17) is 9.47 Å². The van der Waals surface area contributed by atoms with E-state index in [2.05, 4.69) is 0 Å². The molecule has 0 saturated carbocycles. The third kappa shape index (κ3) is 3.26. The molecule has 1 N–H and O–H groups in total. The molecule has 0 heterocycles. The van der Waals surface area contributed by atoms with Crippen LogP contribution in [0.2, 0.25) is 0 Å². The van der Waals surface area contributed by atoms with Gasteiger partial charge in [0.05, 0.1) is 0 Å². The summed E-state index contributed by atoms with van der Waals surface area (Å²) in [4.78, 5) is 0. The van der Waals surface area contributed by atoms with Crippen LogP contribution in [0, 0.1) is 0 Å². The van der Waals surface area contributed by atoms with Crippen molar-refractivity contribution in [3.05, 3.63) is 66.7 Å². The Kier molecular flexibility index (Phi) is 3.92. The zero-order chi connectivity index (χ0) is 14.5. The van der Waals surface area contributed by atoms with Crippen LogP contribution in [0.5, 0.6) is 17.2 Å². The van der Waals surface area contributed by atoms with Gasteiger partial charge in [-0.1, -0.05) is 42.5 Å². The molecule has 0 atom stereocenters. The van der Waals surface area contributed by atoms with E-state index in [0.29, 0.717) is 19.0 Å². The highest BCUT2D eigenvalue weighted by molar-refractivity contribution is 5.89. The minimum absolute atomic E-state index is 0.202. The lowest BCUT2D eigenvalue weighted by Gasteiger charge is -2.11. The molecule has 3 aromatic carbocycles. The lowest BCUT2D eigenvalue weighted by atomic mass is 10.1. The molecule has 21 heavy (non-hydrogen) atoms. The Hall–Kier alpha value is -2.68. The average Bonchev–Trinajstić information content (AvgIpc) is 2.52. The van der Waals surface area contributed by atoms with E-state index in [1.165, 1.54) is 0 Å². The van der Waals surface area contributed by atoms with Gasteiger partial charge in [0.1, 0.15) is 30.5 Å². The summed E-state index contributed by atoms with van der Waals surface area (Å²) in [6.07, 6.45) is 0. The predicted molar refractivity (Wildman–Crippen MR) is 83.0 cm³/mol. The molecule has 0 aliphatic rings. The summed E-state index contributed by atoms with van der Waals surface area (Å²) < 4.78 is 11.3. The van der Waals surface area contributed by atoms with E-state index in [-0.39, 0.29) is 5.75 Å². The Morgan fingerprint density at radius 1 is 0.762 bits per heavy atom. The van der Waals surface area contributed by atoms with Crippen LogP contribution in [-0.2, 0) is 0 Å². The number of hydrogen-bond donors (Lipinski definition) is 1. The molecule has 0 bridgehead atoms. The predicted octanol–water partition coefficient (Wildman–Crippen LogP) is 4.00. The monoisotopic (exact) mass is 280 g/mol. The lowest BCUT2D eigenvalue weighted by Crippen LogP contribution is -2.09. The first-order chi connectivity index (χ1) is 10.3. The van der Waals surface area contributed by atoms with Gasteiger partial charge in [-0.25, -0.2) is 0 Å². The molecule has 0 radical (unpaired) electrons. The highest BCUT2D eigenvalue weighted by Gasteiger charge is 2.04. The molecule has 3 aromatic rings. The molecule has 0 amide bonds. The van der Waals surface area contributed by atoms with Crippen LogP contribution in [0.4, 0.5) is 0 Å². The summed E-state index contributed by atoms with van der Waals surface area (Å²) in [6, 6.07) is 20.8. The summed E-state index contributed by atoms with van der Waals surface area (Å²) in [7, 11) is 0. The van der Waals surface area contributed by atoms with Crippen LogP contribution in [0.15, 0.2) is 66.7 Å². The Morgan fingerprint density at radius 2 is 1.48 bits per heavy atom. The lowest BCUT2D eigenvalue weighted by molar-refractivity contribution is 0.218. The highest BCUT2D eigenvalue weighted by Crippen LogP contribution is 2.30. The van der Waals surface area contributed by atoms with E-state index in [1.807, 2.05) is 54.6 Å².